The van der Waals surface area contributed by atoms with Gasteiger partial charge in [0, 0.05) is 18.2 Å². The third kappa shape index (κ3) is 9.41. The van der Waals surface area contributed by atoms with Crippen LogP contribution in [0.1, 0.15) is 58.0 Å². The van der Waals surface area contributed by atoms with Crippen LogP contribution in [0.25, 0.3) is 22.3 Å². The maximum absolute atomic E-state index is 13.0. The molecule has 0 unspecified atom stereocenters. The largest absolute Gasteiger partial charge is 0.497 e. The monoisotopic (exact) mass is 629 g/mol. The van der Waals surface area contributed by atoms with Crippen molar-refractivity contribution in [2.24, 2.45) is 0 Å². The molecular formula is C40H39NO6. The van der Waals surface area contributed by atoms with Crippen molar-refractivity contribution in [3.8, 4) is 28.0 Å². The van der Waals surface area contributed by atoms with Crippen LogP contribution in [0.5, 0.6) is 5.75 Å². The Morgan fingerprint density at radius 3 is 1.89 bits per heavy atom. The number of carboxylic acid groups (broad SMARTS) is 2. The summed E-state index contributed by atoms with van der Waals surface area (Å²) in [6.45, 7) is 4.45. The smallest absolute Gasteiger partial charge is 0.335 e. The molecule has 0 saturated heterocycles. The van der Waals surface area contributed by atoms with E-state index in [0.717, 1.165) is 51.9 Å². The summed E-state index contributed by atoms with van der Waals surface area (Å²) in [5.74, 6) is -1.02. The van der Waals surface area contributed by atoms with E-state index in [-0.39, 0.29) is 11.5 Å². The summed E-state index contributed by atoms with van der Waals surface area (Å²) < 4.78 is 5.34. The van der Waals surface area contributed by atoms with Gasteiger partial charge in [0.15, 0.2) is 0 Å². The molecule has 7 nitrogen and oxygen atoms in total. The first-order chi connectivity index (χ1) is 22.7. The lowest BCUT2D eigenvalue weighted by molar-refractivity contribution is -0.118. The zero-order valence-corrected chi connectivity index (χ0v) is 26.9. The lowest BCUT2D eigenvalue weighted by atomic mass is 9.97. The lowest BCUT2D eigenvalue weighted by Gasteiger charge is -2.24. The Kier molecular flexibility index (Phi) is 12.1. The first kappa shape index (κ1) is 34.2. The van der Waals surface area contributed by atoms with Gasteiger partial charge < -0.3 is 19.8 Å². The Hall–Kier alpha value is -5.69. The van der Waals surface area contributed by atoms with Crippen LogP contribution in [0.3, 0.4) is 0 Å². The molecule has 240 valence electrons. The molecule has 0 atom stereocenters. The minimum absolute atomic E-state index is 0.0873. The molecule has 2 N–H and O–H groups in total. The van der Waals surface area contributed by atoms with Crippen molar-refractivity contribution in [2.45, 2.75) is 39.7 Å². The van der Waals surface area contributed by atoms with Crippen molar-refractivity contribution in [3.05, 3.63) is 144 Å². The topological polar surface area (TPSA) is 104 Å². The van der Waals surface area contributed by atoms with Gasteiger partial charge in [-0.25, -0.2) is 9.59 Å². The van der Waals surface area contributed by atoms with Gasteiger partial charge in [0.1, 0.15) is 5.75 Å². The average Bonchev–Trinajstić information content (AvgIpc) is 3.10. The fraction of sp³-hybridized carbons (Fsp3) is 0.175. The quantitative estimate of drug-likeness (QED) is 0.151. The van der Waals surface area contributed by atoms with Crippen molar-refractivity contribution >= 4 is 23.5 Å². The number of carbonyl (C=O) groups excluding carboxylic acids is 1. The van der Waals surface area contributed by atoms with Crippen LogP contribution in [0, 0.1) is 6.92 Å². The number of carboxylic acids is 2. The van der Waals surface area contributed by atoms with Crippen LogP contribution in [0.4, 0.5) is 5.69 Å². The zero-order chi connectivity index (χ0) is 33.8. The fourth-order valence-corrected chi connectivity index (χ4v) is 5.09. The van der Waals surface area contributed by atoms with E-state index in [1.54, 1.807) is 36.3 Å². The number of ether oxygens (including phenoxy) is 1. The highest BCUT2D eigenvalue weighted by Crippen LogP contribution is 2.27. The summed E-state index contributed by atoms with van der Waals surface area (Å²) in [5, 5.41) is 17.9. The van der Waals surface area contributed by atoms with E-state index < -0.39 is 11.9 Å². The van der Waals surface area contributed by atoms with Gasteiger partial charge in [0.05, 0.1) is 24.8 Å². The number of amides is 1. The molecule has 0 radical (unpaired) electrons. The second-order valence-electron chi connectivity index (χ2n) is 11.1. The van der Waals surface area contributed by atoms with Gasteiger partial charge in [-0.3, -0.25) is 4.79 Å². The number of hydrogen-bond donors (Lipinski definition) is 2. The van der Waals surface area contributed by atoms with Crippen LogP contribution in [0.15, 0.2) is 121 Å². The molecule has 0 aliphatic rings. The van der Waals surface area contributed by atoms with Gasteiger partial charge in [0.2, 0.25) is 5.91 Å². The normalized spacial score (nSPS) is 10.4. The van der Waals surface area contributed by atoms with E-state index in [0.29, 0.717) is 24.3 Å². The Balaban J connectivity index is 0.000000277. The predicted octanol–water partition coefficient (Wildman–Crippen LogP) is 9.14. The number of hydrogen-bond acceptors (Lipinski definition) is 4. The van der Waals surface area contributed by atoms with Crippen LogP contribution in [0.2, 0.25) is 0 Å². The van der Waals surface area contributed by atoms with E-state index >= 15 is 0 Å². The van der Waals surface area contributed by atoms with Crippen LogP contribution < -0.4 is 9.64 Å². The molecule has 0 aliphatic carbocycles. The van der Waals surface area contributed by atoms with Crippen LogP contribution in [-0.4, -0.2) is 35.2 Å². The average molecular weight is 630 g/mol. The van der Waals surface area contributed by atoms with Crippen molar-refractivity contribution in [1.29, 1.82) is 0 Å². The Morgan fingerprint density at radius 1 is 0.681 bits per heavy atom. The molecule has 0 spiro atoms. The van der Waals surface area contributed by atoms with Crippen LogP contribution in [-0.2, 0) is 11.3 Å². The minimum atomic E-state index is -0.930. The second kappa shape index (κ2) is 16.6. The van der Waals surface area contributed by atoms with E-state index in [1.807, 2.05) is 104 Å². The molecule has 0 aliphatic heterocycles. The van der Waals surface area contributed by atoms with Gasteiger partial charge >= 0.3 is 11.9 Å². The van der Waals surface area contributed by atoms with Gasteiger partial charge in [-0.05, 0) is 83.1 Å². The van der Waals surface area contributed by atoms with E-state index in [2.05, 4.69) is 6.92 Å². The Bertz CT molecular complexity index is 1800. The maximum Gasteiger partial charge on any atom is 0.335 e. The van der Waals surface area contributed by atoms with Gasteiger partial charge in [0.25, 0.3) is 0 Å². The summed E-state index contributed by atoms with van der Waals surface area (Å²) in [4.78, 5) is 36.6. The highest BCUT2D eigenvalue weighted by molar-refractivity contribution is 5.93. The van der Waals surface area contributed by atoms with E-state index in [1.165, 1.54) is 0 Å². The summed E-state index contributed by atoms with van der Waals surface area (Å²) in [6.07, 6.45) is 2.32. The molecule has 7 heteroatoms. The number of carbonyl (C=O) groups is 3. The molecule has 0 saturated carbocycles. The van der Waals surface area contributed by atoms with Gasteiger partial charge in [-0.2, -0.15) is 0 Å². The molecule has 0 heterocycles. The van der Waals surface area contributed by atoms with E-state index in [4.69, 9.17) is 9.84 Å². The minimum Gasteiger partial charge on any atom is -0.497 e. The molecule has 5 aromatic rings. The SMILES string of the molecule is CCCCC(=O)N(Cc1ccc(-c2ccc(C(=O)O)cc2C)cc1)c1cccc(OC)c1.O=C(O)c1ccc(-c2ccccc2)cc1. The van der Waals surface area contributed by atoms with E-state index in [9.17, 15) is 19.5 Å². The third-order valence-electron chi connectivity index (χ3n) is 7.73. The number of nitrogens with zero attached hydrogens (tertiary/aromatic N) is 1. The number of aryl methyl sites for hydroxylation is 1. The van der Waals surface area contributed by atoms with Crippen LogP contribution >= 0.6 is 0 Å². The summed E-state index contributed by atoms with van der Waals surface area (Å²) >= 11 is 0. The molecule has 0 aromatic heterocycles. The zero-order valence-electron chi connectivity index (χ0n) is 26.9. The summed E-state index contributed by atoms with van der Waals surface area (Å²) in [5.41, 5.74) is 7.45. The van der Waals surface area contributed by atoms with Gasteiger partial charge in [-0.1, -0.05) is 92.2 Å². The Morgan fingerprint density at radius 2 is 1.30 bits per heavy atom. The van der Waals surface area contributed by atoms with Crippen molar-refractivity contribution in [2.75, 3.05) is 12.0 Å². The second-order valence-corrected chi connectivity index (χ2v) is 11.1. The Labute approximate surface area is 275 Å². The molecule has 47 heavy (non-hydrogen) atoms. The van der Waals surface area contributed by atoms with Crippen molar-refractivity contribution in [1.82, 2.24) is 0 Å². The molecule has 0 fully saturated rings. The highest BCUT2D eigenvalue weighted by Gasteiger charge is 2.17. The third-order valence-corrected chi connectivity index (χ3v) is 7.73. The van der Waals surface area contributed by atoms with Crippen molar-refractivity contribution < 1.29 is 29.3 Å². The maximum atomic E-state index is 13.0. The number of rotatable bonds is 11. The van der Waals surface area contributed by atoms with Crippen molar-refractivity contribution in [3.63, 3.8) is 0 Å². The number of unbranched alkanes of at least 4 members (excludes halogenated alkanes) is 1. The molecular weight excluding hydrogens is 590 g/mol. The number of benzene rings is 5. The number of anilines is 1. The number of methoxy groups -OCH3 is 1. The summed E-state index contributed by atoms with van der Waals surface area (Å²) in [7, 11) is 1.62. The molecule has 5 rings (SSSR count). The molecule has 1 amide bonds. The first-order valence-corrected chi connectivity index (χ1v) is 15.5. The fourth-order valence-electron chi connectivity index (χ4n) is 5.09. The summed E-state index contributed by atoms with van der Waals surface area (Å²) in [6, 6.07) is 37.5. The lowest BCUT2D eigenvalue weighted by Crippen LogP contribution is -2.30. The standard InChI is InChI=1S/C27H29NO4.C13H10O2/c1-4-5-9-26(29)28(23-7-6-8-24(17-23)32-3)18-20-10-12-21(13-11-20)25-15-14-22(27(30)31)16-19(25)2;14-13(15)12-8-6-11(7-9-12)10-4-2-1-3-5-10/h6-8,10-17H,4-5,9,18H2,1-3H3,(H,30,31);1-9H,(H,14,15). The number of aromatic carboxylic acids is 2. The predicted molar refractivity (Wildman–Crippen MR) is 186 cm³/mol. The highest BCUT2D eigenvalue weighted by atomic mass is 16.5. The first-order valence-electron chi connectivity index (χ1n) is 15.5. The molecule has 5 aromatic carbocycles. The molecule has 0 bridgehead atoms. The van der Waals surface area contributed by atoms with Gasteiger partial charge in [-0.15, -0.1) is 0 Å².